The molecule has 1 aromatic rings. The number of anilines is 1. The third kappa shape index (κ3) is 3.87. The highest BCUT2D eigenvalue weighted by atomic mass is 32.2. The fourth-order valence-corrected chi connectivity index (χ4v) is 3.39. The molecule has 0 radical (unpaired) electrons. The maximum atomic E-state index is 4.54. The van der Waals surface area contributed by atoms with Crippen LogP contribution >= 0.6 is 11.8 Å². The normalized spacial score (nSPS) is 16.4. The van der Waals surface area contributed by atoms with Crippen LogP contribution < -0.4 is 5.32 Å². The molecule has 3 nitrogen and oxygen atoms in total. The van der Waals surface area contributed by atoms with Crippen molar-refractivity contribution in [3.05, 3.63) is 17.6 Å². The number of nitrogens with one attached hydrogen (secondary N) is 1. The van der Waals surface area contributed by atoms with E-state index in [1.807, 2.05) is 24.8 Å². The van der Waals surface area contributed by atoms with Crippen molar-refractivity contribution in [3.8, 4) is 0 Å². The molecular formula is C13H21N3S. The first-order valence-electron chi connectivity index (χ1n) is 6.48. The van der Waals surface area contributed by atoms with Gasteiger partial charge < -0.3 is 5.32 Å². The van der Waals surface area contributed by atoms with Crippen LogP contribution in [0, 0.1) is 6.92 Å². The number of thioether (sulfide) groups is 1. The summed E-state index contributed by atoms with van der Waals surface area (Å²) in [6, 6.07) is 2.01. The molecule has 1 aromatic heterocycles. The third-order valence-corrected chi connectivity index (χ3v) is 4.38. The minimum Gasteiger partial charge on any atom is -0.370 e. The first-order valence-corrected chi connectivity index (χ1v) is 7.53. The summed E-state index contributed by atoms with van der Waals surface area (Å²) in [6.45, 7) is 5.03. The second kappa shape index (κ2) is 6.24. The number of aromatic nitrogens is 2. The van der Waals surface area contributed by atoms with Crippen molar-refractivity contribution in [1.82, 2.24) is 9.97 Å². The van der Waals surface area contributed by atoms with E-state index >= 15 is 0 Å². The standard InChI is InChI=1S/C13H21N3S/c1-3-14-12-8-10(2)15-13(16-12)9-17-11-6-4-5-7-11/h8,11H,3-7,9H2,1-2H3,(H,14,15,16). The van der Waals surface area contributed by atoms with E-state index in [0.717, 1.165) is 34.9 Å². The lowest BCUT2D eigenvalue weighted by molar-refractivity contribution is 0.886. The van der Waals surface area contributed by atoms with Gasteiger partial charge in [0.25, 0.3) is 0 Å². The van der Waals surface area contributed by atoms with Crippen LogP contribution in [0.15, 0.2) is 6.07 Å². The smallest absolute Gasteiger partial charge is 0.140 e. The van der Waals surface area contributed by atoms with Gasteiger partial charge in [0.1, 0.15) is 11.6 Å². The predicted molar refractivity (Wildman–Crippen MR) is 74.5 cm³/mol. The van der Waals surface area contributed by atoms with Gasteiger partial charge in [-0.05, 0) is 26.7 Å². The van der Waals surface area contributed by atoms with Gasteiger partial charge in [-0.3, -0.25) is 0 Å². The summed E-state index contributed by atoms with van der Waals surface area (Å²) in [7, 11) is 0. The van der Waals surface area contributed by atoms with Gasteiger partial charge in [-0.2, -0.15) is 11.8 Å². The highest BCUT2D eigenvalue weighted by Gasteiger charge is 2.15. The van der Waals surface area contributed by atoms with Crippen LogP contribution in [0.1, 0.15) is 44.1 Å². The molecule has 0 atom stereocenters. The third-order valence-electron chi connectivity index (χ3n) is 3.01. The Labute approximate surface area is 108 Å². The van der Waals surface area contributed by atoms with Gasteiger partial charge in [0.2, 0.25) is 0 Å². The van der Waals surface area contributed by atoms with Crippen molar-refractivity contribution in [2.24, 2.45) is 0 Å². The molecule has 0 saturated heterocycles. The Balaban J connectivity index is 1.94. The van der Waals surface area contributed by atoms with E-state index in [-0.39, 0.29) is 0 Å². The van der Waals surface area contributed by atoms with E-state index in [1.165, 1.54) is 25.7 Å². The van der Waals surface area contributed by atoms with E-state index in [9.17, 15) is 0 Å². The summed E-state index contributed by atoms with van der Waals surface area (Å²) in [5.41, 5.74) is 1.05. The van der Waals surface area contributed by atoms with E-state index in [1.54, 1.807) is 0 Å². The maximum absolute atomic E-state index is 4.54. The molecule has 0 aromatic carbocycles. The van der Waals surface area contributed by atoms with E-state index in [4.69, 9.17) is 0 Å². The Morgan fingerprint density at radius 2 is 2.12 bits per heavy atom. The van der Waals surface area contributed by atoms with Crippen LogP contribution in [-0.2, 0) is 5.75 Å². The predicted octanol–water partition coefficient (Wildman–Crippen LogP) is 3.39. The van der Waals surface area contributed by atoms with Crippen LogP contribution in [0.2, 0.25) is 0 Å². The Morgan fingerprint density at radius 1 is 1.35 bits per heavy atom. The summed E-state index contributed by atoms with van der Waals surface area (Å²) in [5, 5.41) is 4.09. The van der Waals surface area contributed by atoms with E-state index < -0.39 is 0 Å². The fraction of sp³-hybridized carbons (Fsp3) is 0.692. The summed E-state index contributed by atoms with van der Waals surface area (Å²) in [5.74, 6) is 2.88. The van der Waals surface area contributed by atoms with Gasteiger partial charge in [0.05, 0.1) is 5.75 Å². The van der Waals surface area contributed by atoms with Gasteiger partial charge in [0.15, 0.2) is 0 Å². The Hall–Kier alpha value is -0.770. The summed E-state index contributed by atoms with van der Waals surface area (Å²) >= 11 is 2.02. The zero-order chi connectivity index (χ0) is 12.1. The first-order chi connectivity index (χ1) is 8.28. The van der Waals surface area contributed by atoms with Gasteiger partial charge in [-0.15, -0.1) is 0 Å². The molecule has 1 fully saturated rings. The molecule has 1 aliphatic rings. The molecule has 1 aliphatic carbocycles. The fourth-order valence-electron chi connectivity index (χ4n) is 2.21. The molecule has 0 bridgehead atoms. The molecular weight excluding hydrogens is 230 g/mol. The first kappa shape index (κ1) is 12.7. The molecule has 94 valence electrons. The SMILES string of the molecule is CCNc1cc(C)nc(CSC2CCCC2)n1. The second-order valence-electron chi connectivity index (χ2n) is 4.56. The van der Waals surface area contributed by atoms with E-state index in [2.05, 4.69) is 22.2 Å². The molecule has 0 unspecified atom stereocenters. The molecule has 0 amide bonds. The number of nitrogens with zero attached hydrogens (tertiary/aromatic N) is 2. The lowest BCUT2D eigenvalue weighted by Gasteiger charge is -2.09. The lowest BCUT2D eigenvalue weighted by Crippen LogP contribution is -2.05. The molecule has 2 rings (SSSR count). The number of rotatable bonds is 5. The molecule has 0 spiro atoms. The minimum atomic E-state index is 0.835. The largest absolute Gasteiger partial charge is 0.370 e. The van der Waals surface area contributed by atoms with Gasteiger partial charge in [-0.1, -0.05) is 12.8 Å². The van der Waals surface area contributed by atoms with Gasteiger partial charge >= 0.3 is 0 Å². The number of aryl methyl sites for hydroxylation is 1. The van der Waals surface area contributed by atoms with Crippen LogP contribution in [-0.4, -0.2) is 21.8 Å². The Morgan fingerprint density at radius 3 is 2.82 bits per heavy atom. The van der Waals surface area contributed by atoms with Gasteiger partial charge in [-0.25, -0.2) is 9.97 Å². The highest BCUT2D eigenvalue weighted by molar-refractivity contribution is 7.99. The second-order valence-corrected chi connectivity index (χ2v) is 5.85. The zero-order valence-electron chi connectivity index (χ0n) is 10.7. The molecule has 17 heavy (non-hydrogen) atoms. The molecule has 1 N–H and O–H groups in total. The van der Waals surface area contributed by atoms with Crippen molar-refractivity contribution in [2.75, 3.05) is 11.9 Å². The average molecular weight is 251 g/mol. The Bertz CT molecular complexity index is 362. The van der Waals surface area contributed by atoms with Crippen LogP contribution in [0.4, 0.5) is 5.82 Å². The minimum absolute atomic E-state index is 0.835. The number of hydrogen-bond donors (Lipinski definition) is 1. The molecule has 1 saturated carbocycles. The molecule has 4 heteroatoms. The van der Waals surface area contributed by atoms with Crippen LogP contribution in [0.5, 0.6) is 0 Å². The maximum Gasteiger partial charge on any atom is 0.140 e. The van der Waals surface area contributed by atoms with Crippen molar-refractivity contribution >= 4 is 17.6 Å². The monoisotopic (exact) mass is 251 g/mol. The van der Waals surface area contributed by atoms with Crippen molar-refractivity contribution in [2.45, 2.75) is 50.5 Å². The van der Waals surface area contributed by atoms with Gasteiger partial charge in [0, 0.05) is 23.6 Å². The molecule has 0 aliphatic heterocycles. The zero-order valence-corrected chi connectivity index (χ0v) is 11.5. The summed E-state index contributed by atoms with van der Waals surface area (Å²) in [6.07, 6.45) is 5.54. The van der Waals surface area contributed by atoms with Crippen LogP contribution in [0.3, 0.4) is 0 Å². The highest BCUT2D eigenvalue weighted by Crippen LogP contribution is 2.31. The van der Waals surface area contributed by atoms with Crippen molar-refractivity contribution in [3.63, 3.8) is 0 Å². The number of hydrogen-bond acceptors (Lipinski definition) is 4. The van der Waals surface area contributed by atoms with E-state index in [0.29, 0.717) is 0 Å². The average Bonchev–Trinajstić information content (AvgIpc) is 2.79. The lowest BCUT2D eigenvalue weighted by atomic mass is 10.4. The topological polar surface area (TPSA) is 37.8 Å². The summed E-state index contributed by atoms with van der Waals surface area (Å²) in [4.78, 5) is 9.05. The van der Waals surface area contributed by atoms with Crippen LogP contribution in [0.25, 0.3) is 0 Å². The quantitative estimate of drug-likeness (QED) is 0.870. The van der Waals surface area contributed by atoms with Crippen molar-refractivity contribution in [1.29, 1.82) is 0 Å². The Kier molecular flexibility index (Phi) is 4.66. The van der Waals surface area contributed by atoms with Crippen molar-refractivity contribution < 1.29 is 0 Å². The molecule has 1 heterocycles. The summed E-state index contributed by atoms with van der Waals surface area (Å²) < 4.78 is 0.